The topological polar surface area (TPSA) is 128 Å². The zero-order chi connectivity index (χ0) is 21.0. The van der Waals surface area contributed by atoms with Gasteiger partial charge in [-0.2, -0.15) is 0 Å². The van der Waals surface area contributed by atoms with Gasteiger partial charge >= 0.3 is 5.00 Å². The third kappa shape index (κ3) is 5.58. The van der Waals surface area contributed by atoms with Gasteiger partial charge in [0.15, 0.2) is 15.0 Å². The zero-order valence-corrected chi connectivity index (χ0v) is 17.4. The molecule has 156 valence electrons. The van der Waals surface area contributed by atoms with Crippen LogP contribution in [0, 0.1) is 16.0 Å². The van der Waals surface area contributed by atoms with E-state index in [0.717, 1.165) is 36.6 Å². The molecule has 1 aromatic heterocycles. The Morgan fingerprint density at radius 2 is 2.00 bits per heavy atom. The van der Waals surface area contributed by atoms with E-state index in [4.69, 9.17) is 4.74 Å². The molecule has 0 bridgehead atoms. The molecule has 2 aromatic rings. The maximum absolute atomic E-state index is 13.0. The Hall–Kier alpha value is -2.37. The van der Waals surface area contributed by atoms with Gasteiger partial charge in [0, 0.05) is 19.5 Å². The second-order valence-corrected chi connectivity index (χ2v) is 9.96. The lowest BCUT2D eigenvalue weighted by molar-refractivity contribution is -0.380. The molecule has 1 aliphatic heterocycles. The normalized spacial score (nSPS) is 16.3. The maximum atomic E-state index is 13.0. The lowest BCUT2D eigenvalue weighted by atomic mass is 9.84. The van der Waals surface area contributed by atoms with E-state index in [1.165, 1.54) is 12.1 Å². The van der Waals surface area contributed by atoms with Crippen LogP contribution in [0.5, 0.6) is 0 Å². The number of nitrogens with one attached hydrogen (secondary N) is 1. The molecule has 11 heteroatoms. The summed E-state index contributed by atoms with van der Waals surface area (Å²) in [6.07, 6.45) is 4.49. The molecule has 1 aliphatic rings. The number of thiazole rings is 1. The summed E-state index contributed by atoms with van der Waals surface area (Å²) in [6, 6.07) is 6.26. The van der Waals surface area contributed by atoms with E-state index < -0.39 is 20.7 Å². The number of nitrogens with zero attached hydrogens (tertiary/aromatic N) is 2. The summed E-state index contributed by atoms with van der Waals surface area (Å²) < 4.78 is 28.8. The van der Waals surface area contributed by atoms with Crippen molar-refractivity contribution >= 4 is 37.2 Å². The number of anilines is 1. The number of benzene rings is 1. The molecule has 1 fully saturated rings. The van der Waals surface area contributed by atoms with Crippen molar-refractivity contribution < 1.29 is 22.9 Å². The van der Waals surface area contributed by atoms with Crippen molar-refractivity contribution in [1.82, 2.24) is 4.98 Å². The quantitative estimate of drug-likeness (QED) is 0.519. The first-order valence-corrected chi connectivity index (χ1v) is 11.7. The predicted octanol–water partition coefficient (Wildman–Crippen LogP) is 2.99. The van der Waals surface area contributed by atoms with E-state index in [0.29, 0.717) is 31.1 Å². The zero-order valence-electron chi connectivity index (χ0n) is 15.7. The van der Waals surface area contributed by atoms with Crippen LogP contribution in [0.15, 0.2) is 35.4 Å². The Morgan fingerprint density at radius 3 is 2.55 bits per heavy atom. The van der Waals surface area contributed by atoms with Crippen LogP contribution in [-0.4, -0.2) is 43.7 Å². The van der Waals surface area contributed by atoms with E-state index >= 15 is 0 Å². The second kappa shape index (κ2) is 8.97. The Balaban J connectivity index is 1.82. The van der Waals surface area contributed by atoms with Crippen molar-refractivity contribution in [1.29, 1.82) is 0 Å². The molecule has 0 saturated carbocycles. The predicted molar refractivity (Wildman–Crippen MR) is 108 cm³/mol. The molecular weight excluding hydrogens is 418 g/mol. The van der Waals surface area contributed by atoms with Crippen LogP contribution in [0.3, 0.4) is 0 Å². The Morgan fingerprint density at radius 1 is 1.34 bits per heavy atom. The minimum absolute atomic E-state index is 0.154. The third-order valence-corrected chi connectivity index (χ3v) is 6.83. The molecule has 0 spiro atoms. The summed E-state index contributed by atoms with van der Waals surface area (Å²) in [6.45, 7) is 1.29. The number of rotatable bonds is 7. The highest BCUT2D eigenvalue weighted by molar-refractivity contribution is 7.90. The van der Waals surface area contributed by atoms with Gasteiger partial charge in [0.25, 0.3) is 0 Å². The van der Waals surface area contributed by atoms with Crippen molar-refractivity contribution in [2.75, 3.05) is 24.8 Å². The molecule has 0 radical (unpaired) electrons. The summed E-state index contributed by atoms with van der Waals surface area (Å²) >= 11 is 0.792. The molecule has 1 saturated heterocycles. The first-order valence-electron chi connectivity index (χ1n) is 9.03. The van der Waals surface area contributed by atoms with Crippen molar-refractivity contribution in [2.24, 2.45) is 5.92 Å². The minimum Gasteiger partial charge on any atom is -0.381 e. The van der Waals surface area contributed by atoms with E-state index in [-0.39, 0.29) is 20.9 Å². The maximum Gasteiger partial charge on any atom is 0.345 e. The molecule has 1 atom stereocenters. The van der Waals surface area contributed by atoms with Gasteiger partial charge in [-0.25, -0.2) is 13.4 Å². The number of carbonyl (C=O) groups is 1. The molecule has 2 heterocycles. The highest BCUT2D eigenvalue weighted by Crippen LogP contribution is 2.32. The van der Waals surface area contributed by atoms with Crippen molar-refractivity contribution in [3.8, 4) is 0 Å². The fraction of sp³-hybridized carbons (Fsp3) is 0.444. The second-order valence-electron chi connectivity index (χ2n) is 6.94. The molecule has 9 nitrogen and oxygen atoms in total. The Labute approximate surface area is 172 Å². The van der Waals surface area contributed by atoms with Crippen LogP contribution < -0.4 is 5.32 Å². The Bertz CT molecular complexity index is 981. The SMILES string of the molecule is CS(=O)(=O)c1ccc(C(CC2CCOCC2)C(=O)Nc2ncc([N+](=O)[O-])s2)cc1. The van der Waals surface area contributed by atoms with Crippen LogP contribution in [0.1, 0.15) is 30.7 Å². The van der Waals surface area contributed by atoms with E-state index in [2.05, 4.69) is 10.3 Å². The molecule has 29 heavy (non-hydrogen) atoms. The molecule has 3 rings (SSSR count). The summed E-state index contributed by atoms with van der Waals surface area (Å²) in [7, 11) is -3.34. The number of amides is 1. The molecule has 1 aromatic carbocycles. The highest BCUT2D eigenvalue weighted by Gasteiger charge is 2.27. The highest BCUT2D eigenvalue weighted by atomic mass is 32.2. The van der Waals surface area contributed by atoms with Crippen LogP contribution in [0.2, 0.25) is 0 Å². The summed E-state index contributed by atoms with van der Waals surface area (Å²) in [5.74, 6) is -0.567. The van der Waals surface area contributed by atoms with Gasteiger partial charge in [-0.1, -0.05) is 12.1 Å². The smallest absolute Gasteiger partial charge is 0.345 e. The summed E-state index contributed by atoms with van der Waals surface area (Å²) in [4.78, 5) is 27.3. The van der Waals surface area contributed by atoms with Gasteiger partial charge in [0.2, 0.25) is 5.91 Å². The number of hydrogen-bond acceptors (Lipinski definition) is 8. The molecule has 0 aliphatic carbocycles. The number of hydrogen-bond donors (Lipinski definition) is 1. The van der Waals surface area contributed by atoms with Gasteiger partial charge < -0.3 is 10.1 Å². The monoisotopic (exact) mass is 439 g/mol. The summed E-state index contributed by atoms with van der Waals surface area (Å²) in [5, 5.41) is 13.5. The van der Waals surface area contributed by atoms with Gasteiger partial charge in [-0.05, 0) is 54.2 Å². The first-order chi connectivity index (χ1) is 13.7. The number of nitro groups is 1. The lowest BCUT2D eigenvalue weighted by Gasteiger charge is -2.26. The van der Waals surface area contributed by atoms with Crippen LogP contribution in [0.4, 0.5) is 10.1 Å². The lowest BCUT2D eigenvalue weighted by Crippen LogP contribution is -2.26. The van der Waals surface area contributed by atoms with Gasteiger partial charge in [0.1, 0.15) is 6.20 Å². The number of carbonyl (C=O) groups excluding carboxylic acids is 1. The van der Waals surface area contributed by atoms with Crippen molar-refractivity contribution in [3.63, 3.8) is 0 Å². The van der Waals surface area contributed by atoms with Gasteiger partial charge in [0.05, 0.1) is 15.7 Å². The largest absolute Gasteiger partial charge is 0.381 e. The van der Waals surface area contributed by atoms with Gasteiger partial charge in [-0.3, -0.25) is 14.9 Å². The molecule has 1 N–H and O–H groups in total. The van der Waals surface area contributed by atoms with Crippen LogP contribution >= 0.6 is 11.3 Å². The van der Waals surface area contributed by atoms with Crippen LogP contribution in [0.25, 0.3) is 0 Å². The number of sulfone groups is 1. The van der Waals surface area contributed by atoms with E-state index in [1.54, 1.807) is 12.1 Å². The standard InChI is InChI=1S/C18H21N3O6S2/c1-29(25,26)14-4-2-13(3-5-14)15(10-12-6-8-27-9-7-12)17(22)20-18-19-11-16(28-18)21(23)24/h2-5,11-12,15H,6-10H2,1H3,(H,19,20,22). The van der Waals surface area contributed by atoms with E-state index in [9.17, 15) is 23.3 Å². The average Bonchev–Trinajstić information content (AvgIpc) is 3.15. The van der Waals surface area contributed by atoms with E-state index in [1.807, 2.05) is 0 Å². The number of aromatic nitrogens is 1. The first kappa shape index (κ1) is 21.3. The molecule has 1 unspecified atom stereocenters. The fourth-order valence-corrected chi connectivity index (χ4v) is 4.52. The Kier molecular flexibility index (Phi) is 6.60. The van der Waals surface area contributed by atoms with Crippen LogP contribution in [-0.2, 0) is 19.4 Å². The summed E-state index contributed by atoms with van der Waals surface area (Å²) in [5.41, 5.74) is 0.687. The van der Waals surface area contributed by atoms with Crippen molar-refractivity contribution in [3.05, 3.63) is 46.1 Å². The number of ether oxygens (including phenoxy) is 1. The minimum atomic E-state index is -3.34. The van der Waals surface area contributed by atoms with Gasteiger partial charge in [-0.15, -0.1) is 0 Å². The average molecular weight is 440 g/mol. The van der Waals surface area contributed by atoms with Crippen molar-refractivity contribution in [2.45, 2.75) is 30.1 Å². The fourth-order valence-electron chi connectivity index (χ4n) is 3.26. The molecule has 1 amide bonds. The third-order valence-electron chi connectivity index (χ3n) is 4.84. The molecular formula is C18H21N3O6S2.